The van der Waals surface area contributed by atoms with Crippen LogP contribution in [0.3, 0.4) is 0 Å². The van der Waals surface area contributed by atoms with Gasteiger partial charge in [0.15, 0.2) is 51.1 Å². The van der Waals surface area contributed by atoms with Gasteiger partial charge in [-0.1, -0.05) is 12.1 Å². The lowest BCUT2D eigenvalue weighted by Crippen LogP contribution is -2.50. The molecule has 0 radical (unpaired) electrons. The van der Waals surface area contributed by atoms with Crippen molar-refractivity contribution in [2.45, 2.75) is 64.0 Å². The molecule has 4 atom stereocenters. The van der Waals surface area contributed by atoms with Gasteiger partial charge in [-0.3, -0.25) is 37.0 Å². The lowest BCUT2D eigenvalue weighted by Gasteiger charge is -2.36. The van der Waals surface area contributed by atoms with Crippen LogP contribution in [0.2, 0.25) is 0 Å². The Morgan fingerprint density at radius 1 is 0.420 bits per heavy atom. The fourth-order valence-corrected chi connectivity index (χ4v) is 16.5. The fraction of sp³-hybridized carbons (Fsp3) is 0.292. The number of nitrogens with two attached hydrogens (primary N) is 4. The molecule has 5 aliphatic rings. The average molecular weight is 1960 g/mol. The Kier molecular flexibility index (Phi) is 27.2. The number of primary amides is 4. The summed E-state index contributed by atoms with van der Waals surface area (Å²) in [5.41, 5.74) is 29.5. The highest BCUT2D eigenvalue weighted by Gasteiger charge is 2.37. The maximum Gasteiger partial charge on any atom is 0.434 e. The molecule has 46 nitrogen and oxygen atoms in total. The molecule has 17 aromatic rings. The first-order valence-electron chi connectivity index (χ1n) is 44.3. The zero-order valence-electron chi connectivity index (χ0n) is 76.0. The lowest BCUT2D eigenvalue weighted by molar-refractivity contribution is -0.142. The number of ether oxygens (including phenoxy) is 2. The number of hydrogen-bond donors (Lipinski definition) is 6. The van der Waals surface area contributed by atoms with E-state index in [0.717, 1.165) is 70.4 Å². The normalized spacial score (nSPS) is 16.9. The first-order chi connectivity index (χ1) is 68.9. The summed E-state index contributed by atoms with van der Waals surface area (Å²) in [6, 6.07) is 17.3. The summed E-state index contributed by atoms with van der Waals surface area (Å²) in [4.78, 5) is 137. The predicted octanol–water partition coefficient (Wildman–Crippen LogP) is 8.38. The number of aromatic nitrogens is 27. The molecule has 0 spiro atoms. The first-order valence-corrected chi connectivity index (χ1v) is 44.3. The molecule has 22 heterocycles. The van der Waals surface area contributed by atoms with Crippen LogP contribution in [0.15, 0.2) is 185 Å². The second kappa shape index (κ2) is 40.7. The van der Waals surface area contributed by atoms with E-state index in [9.17, 15) is 54.3 Å². The minimum atomic E-state index is -4.56. The molecule has 0 aliphatic carbocycles. The number of imidazole rings is 5. The molecule has 17 aromatic heterocycles. The number of halogens is 8. The summed E-state index contributed by atoms with van der Waals surface area (Å²) in [6.45, 7) is 15.1. The van der Waals surface area contributed by atoms with Crippen LogP contribution in [0.4, 0.5) is 78.9 Å². The molecule has 54 heteroatoms. The molecule has 22 rings (SSSR count). The number of nitriles is 1. The Balaban J connectivity index is 0.000000118. The van der Waals surface area contributed by atoms with Gasteiger partial charge in [-0.15, -0.1) is 0 Å². The van der Waals surface area contributed by atoms with Crippen molar-refractivity contribution in [2.75, 3.05) is 129 Å². The quantitative estimate of drug-likeness (QED) is 0.0556. The van der Waals surface area contributed by atoms with Gasteiger partial charge in [0.05, 0.1) is 145 Å². The lowest BCUT2D eigenvalue weighted by atomic mass is 10.1. The third-order valence-electron chi connectivity index (χ3n) is 23.7. The SMILES string of the molecule is CC1CN(c2nccc(-c3cnc4cnc(C(F)(F)F)cn34)n2)CC(c2cn[nH]c2)O1.CC1CN(c2nccc(-c3cnc4cnc(C(F)(F)F)cn34)n2)CC(c2cn[nH]c2)O1.Cc1cc(N2CCN(C(N)=O)CC2)nc(-c2cnc3cnc(C(N)=O)cn23)n1.N#Cc1cn2c(-c3cccc(N4CCN(C(N)=O)CC4)n3)cnc2cn1.NC(=O)N1CCN(c2cccc(-c3cnc4cnc(C(F)F)cn34)n2)CC1. The molecule has 5 fully saturated rings. The van der Waals surface area contributed by atoms with E-state index in [0.29, 0.717) is 196 Å². The second-order valence-corrected chi connectivity index (χ2v) is 33.2. The van der Waals surface area contributed by atoms with E-state index in [1.165, 1.54) is 46.0 Å². The number of aromatic amines is 2. The minimum Gasteiger partial charge on any atom is -0.367 e. The molecule has 0 saturated carbocycles. The number of hydrogen-bond acceptors (Lipinski definition) is 32. The van der Waals surface area contributed by atoms with Gasteiger partial charge in [0.25, 0.3) is 12.3 Å². The topological polar surface area (TPSA) is 552 Å². The minimum absolute atomic E-state index is 0.0721. The van der Waals surface area contributed by atoms with Crippen molar-refractivity contribution in [1.29, 1.82) is 5.26 Å². The summed E-state index contributed by atoms with van der Waals surface area (Å²) in [7, 11) is 0. The van der Waals surface area contributed by atoms with Crippen LogP contribution in [0.5, 0.6) is 0 Å². The molecule has 0 aromatic carbocycles. The van der Waals surface area contributed by atoms with Crippen molar-refractivity contribution in [2.24, 2.45) is 22.9 Å². The van der Waals surface area contributed by atoms with E-state index in [1.807, 2.05) is 77.4 Å². The number of fused-ring (bicyclic) bond motifs is 5. The number of aryl methyl sites for hydroxylation is 1. The summed E-state index contributed by atoms with van der Waals surface area (Å²) in [5, 5.41) is 22.6. The molecule has 10 N–H and O–H groups in total. The Bertz CT molecular complexity index is 7330. The van der Waals surface area contributed by atoms with Crippen LogP contribution in [0, 0.1) is 18.3 Å². The van der Waals surface area contributed by atoms with Crippen LogP contribution >= 0.6 is 0 Å². The van der Waals surface area contributed by atoms with Gasteiger partial charge in [0.2, 0.25) is 11.9 Å². The molecule has 143 heavy (non-hydrogen) atoms. The molecule has 0 bridgehead atoms. The number of carbonyl (C=O) groups is 4. The average Bonchev–Trinajstić information content (AvgIpc) is 1.74. The molecule has 5 aliphatic heterocycles. The largest absolute Gasteiger partial charge is 0.434 e. The fourth-order valence-electron chi connectivity index (χ4n) is 16.5. The number of piperazine rings is 3. The van der Waals surface area contributed by atoms with Crippen molar-refractivity contribution in [3.63, 3.8) is 0 Å². The van der Waals surface area contributed by atoms with Gasteiger partial charge in [-0.2, -0.15) is 41.8 Å². The summed E-state index contributed by atoms with van der Waals surface area (Å²) < 4.78 is 124. The number of carbonyl (C=O) groups excluding carboxylic acids is 4. The monoisotopic (exact) mass is 1960 g/mol. The summed E-state index contributed by atoms with van der Waals surface area (Å²) in [6.07, 6.45) is 18.5. The highest BCUT2D eigenvalue weighted by molar-refractivity contribution is 5.90. The molecular formula is C89H86F8N40O6. The van der Waals surface area contributed by atoms with Crippen molar-refractivity contribution in [3.8, 4) is 63.1 Å². The summed E-state index contributed by atoms with van der Waals surface area (Å²) in [5.74, 6) is 3.10. The van der Waals surface area contributed by atoms with Crippen molar-refractivity contribution in [1.82, 2.24) is 147 Å². The molecule has 7 amide bonds. The van der Waals surface area contributed by atoms with E-state index in [1.54, 1.807) is 110 Å². The number of urea groups is 3. The maximum absolute atomic E-state index is 13.1. The van der Waals surface area contributed by atoms with Crippen LogP contribution in [0.1, 0.15) is 82.6 Å². The standard InChI is InChI=1S/2C19H17F3N8O.C17H17F2N7O.C17H19N9O2.C17H16N8O/c2*1-11-8-29(9-15(31-11)12-4-26-27-5-12)18-23-3-2-13(28-18)14-6-25-17-7-24-16(10-30(14)17)19(20,21)22;18-16(19)12-10-26-13(8-22-15(26)9-21-12)11-2-1-3-14(23-11)24-4-6-25(7-5-24)17(20)27;1-10-6-13(24-2-4-25(5-3-24)17(19)28)23-16(22-10)12-7-21-14-8-20-11(15(18)27)9-26(12)14;18-8-12-11-25-14(9-21-16(25)10-20-12)13-2-1-3-15(22-13)23-4-6-24(7-5-23)17(19)26/h2*2-7,10-11,15H,8-9H2,1H3,(H,26,27);1-3,8-10,16H,4-7H2,(H2,20,27);6-9H,2-5H2,1H3,(H2,18,27)(H2,19,28);1-3,9-11H,4-7H2,(H2,19,26). The predicted molar refractivity (Wildman–Crippen MR) is 496 cm³/mol. The number of H-pyrrole nitrogens is 2. The van der Waals surface area contributed by atoms with Crippen LogP contribution in [-0.2, 0) is 21.8 Å². The smallest absolute Gasteiger partial charge is 0.367 e. The van der Waals surface area contributed by atoms with Crippen LogP contribution in [-0.4, -0.2) is 288 Å². The van der Waals surface area contributed by atoms with E-state index in [-0.39, 0.29) is 41.8 Å². The van der Waals surface area contributed by atoms with E-state index >= 15 is 0 Å². The van der Waals surface area contributed by atoms with Gasteiger partial charge < -0.3 is 71.6 Å². The van der Waals surface area contributed by atoms with Crippen molar-refractivity contribution < 1.29 is 63.8 Å². The Labute approximate surface area is 803 Å². The zero-order chi connectivity index (χ0) is 100. The molecule has 734 valence electrons. The number of pyridine rings is 2. The molecule has 4 unspecified atom stereocenters. The van der Waals surface area contributed by atoms with E-state index < -0.39 is 48.1 Å². The second-order valence-electron chi connectivity index (χ2n) is 33.2. The maximum atomic E-state index is 13.1. The Hall–Kier alpha value is -17.8. The molecular weight excluding hydrogens is 1880 g/mol. The van der Waals surface area contributed by atoms with Gasteiger partial charge in [-0.05, 0) is 57.2 Å². The zero-order valence-corrected chi connectivity index (χ0v) is 76.0. The number of amides is 7. The highest BCUT2D eigenvalue weighted by atomic mass is 19.4. The van der Waals surface area contributed by atoms with E-state index in [2.05, 4.69) is 120 Å². The Morgan fingerprint density at radius 2 is 0.811 bits per heavy atom. The summed E-state index contributed by atoms with van der Waals surface area (Å²) >= 11 is 0. The molecule has 5 saturated heterocycles. The van der Waals surface area contributed by atoms with Crippen LogP contribution < -0.4 is 47.4 Å². The number of alkyl halides is 8. The van der Waals surface area contributed by atoms with Crippen LogP contribution in [0.25, 0.3) is 85.3 Å². The van der Waals surface area contributed by atoms with Gasteiger partial charge >= 0.3 is 30.4 Å². The Morgan fingerprint density at radius 3 is 1.22 bits per heavy atom. The van der Waals surface area contributed by atoms with Gasteiger partial charge in [0.1, 0.15) is 52.8 Å². The number of anilines is 5. The first kappa shape index (κ1) is 95.5. The van der Waals surface area contributed by atoms with E-state index in [4.69, 9.17) is 42.7 Å². The third kappa shape index (κ3) is 21.4. The van der Waals surface area contributed by atoms with Crippen molar-refractivity contribution >= 4 is 81.6 Å². The third-order valence-corrected chi connectivity index (χ3v) is 23.7. The van der Waals surface area contributed by atoms with Gasteiger partial charge in [0, 0.05) is 170 Å². The number of nitrogens with zero attached hydrogens (tertiary/aromatic N) is 34. The number of morpholine rings is 2. The number of rotatable bonds is 14. The van der Waals surface area contributed by atoms with Gasteiger partial charge in [-0.25, -0.2) is 113 Å². The van der Waals surface area contributed by atoms with Crippen molar-refractivity contribution in [3.05, 3.63) is 230 Å². The number of nitrogens with one attached hydrogen (secondary N) is 2. The highest BCUT2D eigenvalue weighted by Crippen LogP contribution is 2.36.